The molecule has 1 aliphatic heterocycles. The fourth-order valence-electron chi connectivity index (χ4n) is 3.58. The van der Waals surface area contributed by atoms with Gasteiger partial charge < -0.3 is 14.9 Å². The van der Waals surface area contributed by atoms with Crippen LogP contribution in [0.3, 0.4) is 0 Å². The van der Waals surface area contributed by atoms with Crippen LogP contribution < -0.4 is 5.73 Å². The first-order valence-electron chi connectivity index (χ1n) is 9.65. The Morgan fingerprint density at radius 1 is 1.04 bits per heavy atom. The van der Waals surface area contributed by atoms with Crippen molar-refractivity contribution < 1.29 is 9.15 Å². The lowest BCUT2D eigenvalue weighted by Crippen LogP contribution is -2.35. The second-order valence-electron chi connectivity index (χ2n) is 7.49. The molecule has 0 bridgehead atoms. The summed E-state index contributed by atoms with van der Waals surface area (Å²) < 4.78 is 11.8. The second kappa shape index (κ2) is 7.98. The molecule has 4 rings (SSSR count). The van der Waals surface area contributed by atoms with Crippen molar-refractivity contribution in [1.82, 2.24) is 10.2 Å². The summed E-state index contributed by atoms with van der Waals surface area (Å²) in [4.78, 5) is 0. The van der Waals surface area contributed by atoms with Crippen LogP contribution in [-0.2, 0) is 23.1 Å². The third-order valence-electron chi connectivity index (χ3n) is 5.03. The van der Waals surface area contributed by atoms with Gasteiger partial charge >= 0.3 is 0 Å². The zero-order valence-corrected chi connectivity index (χ0v) is 16.0. The molecular weight excluding hydrogens is 350 g/mol. The lowest BCUT2D eigenvalue weighted by molar-refractivity contribution is 0.220. The summed E-state index contributed by atoms with van der Waals surface area (Å²) >= 11 is 0. The summed E-state index contributed by atoms with van der Waals surface area (Å²) in [5.74, 6) is 2.07. The SMILES string of the molecule is C[C@@](N)(Cc1ccccc1)c1nnc(CC(C2=CCCO2)c2ccccc2)o1. The highest BCUT2D eigenvalue weighted by Gasteiger charge is 2.30. The molecule has 0 amide bonds. The van der Waals surface area contributed by atoms with Crippen molar-refractivity contribution in [2.24, 2.45) is 5.73 Å². The highest BCUT2D eigenvalue weighted by atomic mass is 16.5. The van der Waals surface area contributed by atoms with Crippen molar-refractivity contribution in [3.05, 3.63) is 95.4 Å². The zero-order valence-electron chi connectivity index (χ0n) is 16.0. The van der Waals surface area contributed by atoms with Gasteiger partial charge in [-0.3, -0.25) is 0 Å². The van der Waals surface area contributed by atoms with E-state index in [1.54, 1.807) is 0 Å². The van der Waals surface area contributed by atoms with E-state index in [0.29, 0.717) is 24.6 Å². The van der Waals surface area contributed by atoms with Crippen molar-refractivity contribution in [3.8, 4) is 0 Å². The van der Waals surface area contributed by atoms with Gasteiger partial charge in [0.1, 0.15) is 5.76 Å². The molecule has 0 spiro atoms. The van der Waals surface area contributed by atoms with E-state index in [9.17, 15) is 0 Å². The second-order valence-corrected chi connectivity index (χ2v) is 7.49. The van der Waals surface area contributed by atoms with Gasteiger partial charge in [-0.15, -0.1) is 10.2 Å². The molecule has 1 aliphatic rings. The minimum Gasteiger partial charge on any atom is -0.497 e. The van der Waals surface area contributed by atoms with E-state index in [-0.39, 0.29) is 5.92 Å². The van der Waals surface area contributed by atoms with Crippen molar-refractivity contribution in [1.29, 1.82) is 0 Å². The lowest BCUT2D eigenvalue weighted by atomic mass is 9.93. The van der Waals surface area contributed by atoms with Gasteiger partial charge in [-0.2, -0.15) is 0 Å². The Morgan fingerprint density at radius 3 is 2.43 bits per heavy atom. The number of benzene rings is 2. The van der Waals surface area contributed by atoms with E-state index in [4.69, 9.17) is 14.9 Å². The quantitative estimate of drug-likeness (QED) is 0.672. The average Bonchev–Trinajstić information content (AvgIpc) is 3.40. The highest BCUT2D eigenvalue weighted by Crippen LogP contribution is 2.32. The van der Waals surface area contributed by atoms with E-state index in [2.05, 4.69) is 40.5 Å². The number of ether oxygens (including phenoxy) is 1. The summed E-state index contributed by atoms with van der Waals surface area (Å²) in [5, 5.41) is 8.54. The molecule has 2 N–H and O–H groups in total. The Balaban J connectivity index is 1.54. The largest absolute Gasteiger partial charge is 0.497 e. The van der Waals surface area contributed by atoms with Gasteiger partial charge in [-0.25, -0.2) is 0 Å². The van der Waals surface area contributed by atoms with Crippen LogP contribution in [0, 0.1) is 0 Å². The summed E-state index contributed by atoms with van der Waals surface area (Å²) in [5.41, 5.74) is 8.10. The highest BCUT2D eigenvalue weighted by molar-refractivity contribution is 5.28. The van der Waals surface area contributed by atoms with E-state index >= 15 is 0 Å². The molecule has 144 valence electrons. The Morgan fingerprint density at radius 2 is 1.75 bits per heavy atom. The molecule has 0 saturated heterocycles. The van der Waals surface area contributed by atoms with Crippen LogP contribution in [0.2, 0.25) is 0 Å². The van der Waals surface area contributed by atoms with Crippen LogP contribution in [0.5, 0.6) is 0 Å². The molecule has 2 atom stereocenters. The minimum atomic E-state index is -0.724. The molecule has 0 aliphatic carbocycles. The summed E-state index contributed by atoms with van der Waals surface area (Å²) in [6, 6.07) is 20.4. The smallest absolute Gasteiger partial charge is 0.236 e. The third-order valence-corrected chi connectivity index (χ3v) is 5.03. The van der Waals surface area contributed by atoms with E-state index < -0.39 is 5.54 Å². The first kappa shape index (κ1) is 18.4. The Kier molecular flexibility index (Phi) is 5.26. The monoisotopic (exact) mass is 375 g/mol. The molecular formula is C23H25N3O2. The van der Waals surface area contributed by atoms with Gasteiger partial charge in [0.15, 0.2) is 0 Å². The van der Waals surface area contributed by atoms with Crippen molar-refractivity contribution in [3.63, 3.8) is 0 Å². The number of aromatic nitrogens is 2. The normalized spacial score (nSPS) is 16.9. The maximum absolute atomic E-state index is 6.52. The number of hydrogen-bond donors (Lipinski definition) is 1. The van der Waals surface area contributed by atoms with Gasteiger partial charge in [0.05, 0.1) is 12.1 Å². The Labute approximate surface area is 165 Å². The molecule has 5 heteroatoms. The van der Waals surface area contributed by atoms with Gasteiger partial charge in [-0.05, 0) is 30.5 Å². The zero-order chi connectivity index (χ0) is 19.4. The maximum atomic E-state index is 6.52. The average molecular weight is 375 g/mol. The molecule has 0 fully saturated rings. The summed E-state index contributed by atoms with van der Waals surface area (Å²) in [6.45, 7) is 2.65. The Hall–Kier alpha value is -2.92. The van der Waals surface area contributed by atoms with Gasteiger partial charge in [0, 0.05) is 18.8 Å². The molecule has 5 nitrogen and oxygen atoms in total. The van der Waals surface area contributed by atoms with E-state index in [0.717, 1.165) is 24.4 Å². The summed E-state index contributed by atoms with van der Waals surface area (Å²) in [7, 11) is 0. The first-order chi connectivity index (χ1) is 13.6. The van der Waals surface area contributed by atoms with Crippen molar-refractivity contribution in [2.75, 3.05) is 6.61 Å². The standard InChI is InChI=1S/C23H25N3O2/c1-23(24,16-17-9-4-2-5-10-17)22-26-25-21(28-22)15-19(20-13-8-14-27-20)18-11-6-3-7-12-18/h2-7,9-13,19H,8,14-16,24H2,1H3/t19?,23-/m1/s1. The molecule has 2 aromatic carbocycles. The van der Waals surface area contributed by atoms with Crippen LogP contribution in [0.4, 0.5) is 0 Å². The Bertz CT molecular complexity index is 933. The molecule has 0 saturated carbocycles. The number of allylic oxidation sites excluding steroid dienone is 1. The maximum Gasteiger partial charge on any atom is 0.236 e. The molecule has 1 unspecified atom stereocenters. The van der Waals surface area contributed by atoms with E-state index in [1.807, 2.05) is 43.3 Å². The van der Waals surface area contributed by atoms with Crippen molar-refractivity contribution >= 4 is 0 Å². The topological polar surface area (TPSA) is 74.2 Å². The minimum absolute atomic E-state index is 0.0650. The van der Waals surface area contributed by atoms with Gasteiger partial charge in [-0.1, -0.05) is 60.7 Å². The van der Waals surface area contributed by atoms with Crippen molar-refractivity contribution in [2.45, 2.75) is 37.6 Å². The van der Waals surface area contributed by atoms with Crippen LogP contribution >= 0.6 is 0 Å². The van der Waals surface area contributed by atoms with Crippen LogP contribution in [0.1, 0.15) is 42.2 Å². The number of nitrogens with two attached hydrogens (primary N) is 1. The molecule has 28 heavy (non-hydrogen) atoms. The predicted molar refractivity (Wildman–Crippen MR) is 108 cm³/mol. The number of nitrogens with zero attached hydrogens (tertiary/aromatic N) is 2. The molecule has 1 aromatic heterocycles. The molecule has 3 aromatic rings. The number of rotatable bonds is 7. The van der Waals surface area contributed by atoms with Crippen LogP contribution in [-0.4, -0.2) is 16.8 Å². The number of hydrogen-bond acceptors (Lipinski definition) is 5. The van der Waals surface area contributed by atoms with Crippen LogP contribution in [0.25, 0.3) is 0 Å². The van der Waals surface area contributed by atoms with Gasteiger partial charge in [0.2, 0.25) is 11.8 Å². The lowest BCUT2D eigenvalue weighted by Gasteiger charge is -2.20. The third kappa shape index (κ3) is 4.15. The van der Waals surface area contributed by atoms with Crippen LogP contribution in [0.15, 0.2) is 76.9 Å². The fourth-order valence-corrected chi connectivity index (χ4v) is 3.58. The molecule has 0 radical (unpaired) electrons. The fraction of sp³-hybridized carbons (Fsp3) is 0.304. The predicted octanol–water partition coefficient (Wildman–Crippen LogP) is 4.12. The first-order valence-corrected chi connectivity index (χ1v) is 9.65. The molecule has 2 heterocycles. The van der Waals surface area contributed by atoms with Gasteiger partial charge in [0.25, 0.3) is 0 Å². The summed E-state index contributed by atoms with van der Waals surface area (Å²) in [6.07, 6.45) is 4.30. The van der Waals surface area contributed by atoms with E-state index in [1.165, 1.54) is 5.56 Å².